The molecule has 0 spiro atoms. The molecule has 6 rings (SSSR count). The summed E-state index contributed by atoms with van der Waals surface area (Å²) in [5, 5.41) is 17.3. The first kappa shape index (κ1) is 32.9. The number of carbonyl (C=O) groups is 4. The van der Waals surface area contributed by atoms with Crippen LogP contribution >= 0.6 is 34.7 Å². The van der Waals surface area contributed by atoms with Crippen LogP contribution in [-0.4, -0.2) is 81.4 Å². The Morgan fingerprint density at radius 3 is 2.67 bits per heavy atom. The number of fused-ring (bicyclic) bond motifs is 2. The molecule has 250 valence electrons. The van der Waals surface area contributed by atoms with Gasteiger partial charge in [-0.1, -0.05) is 23.4 Å². The molecule has 1 unspecified atom stereocenters. The van der Waals surface area contributed by atoms with E-state index in [1.54, 1.807) is 31.4 Å². The summed E-state index contributed by atoms with van der Waals surface area (Å²) in [5.41, 5.74) is 6.78. The quantitative estimate of drug-likeness (QED) is 0.0813. The first-order valence-corrected chi connectivity index (χ1v) is 16.6. The van der Waals surface area contributed by atoms with E-state index in [4.69, 9.17) is 41.1 Å². The van der Waals surface area contributed by atoms with Gasteiger partial charge in [0.1, 0.15) is 35.2 Å². The van der Waals surface area contributed by atoms with Gasteiger partial charge in [-0.15, -0.1) is 34.7 Å². The molecule has 1 aromatic heterocycles. The molecule has 1 saturated heterocycles. The number of hydrogen-bond donors (Lipinski definition) is 3. The fourth-order valence-electron chi connectivity index (χ4n) is 4.95. The maximum Gasteiger partial charge on any atom is 0.355 e. The molecule has 3 aliphatic rings. The van der Waals surface area contributed by atoms with Crippen molar-refractivity contribution in [3.05, 3.63) is 75.9 Å². The van der Waals surface area contributed by atoms with Crippen LogP contribution in [0.2, 0.25) is 0 Å². The second-order valence-corrected chi connectivity index (χ2v) is 12.6. The van der Waals surface area contributed by atoms with E-state index in [-0.39, 0.29) is 41.4 Å². The van der Waals surface area contributed by atoms with Crippen LogP contribution in [0.5, 0.6) is 17.2 Å². The minimum absolute atomic E-state index is 0.00290. The van der Waals surface area contributed by atoms with Gasteiger partial charge in [-0.05, 0) is 35.4 Å². The molecule has 3 aromatic rings. The third-order valence-corrected chi connectivity index (χ3v) is 9.71. The van der Waals surface area contributed by atoms with Crippen LogP contribution in [0.15, 0.2) is 64.3 Å². The lowest BCUT2D eigenvalue weighted by Gasteiger charge is -2.49. The van der Waals surface area contributed by atoms with E-state index in [1.807, 2.05) is 0 Å². The van der Waals surface area contributed by atoms with Crippen LogP contribution in [-0.2, 0) is 35.4 Å². The predicted octanol–water partition coefficient (Wildman–Crippen LogP) is 2.65. The second kappa shape index (κ2) is 14.0. The van der Waals surface area contributed by atoms with Crippen molar-refractivity contribution in [2.24, 2.45) is 5.16 Å². The van der Waals surface area contributed by atoms with E-state index < -0.39 is 47.0 Å². The van der Waals surface area contributed by atoms with Crippen molar-refractivity contribution in [2.75, 3.05) is 31.3 Å². The number of oxime groups is 1. The lowest BCUT2D eigenvalue weighted by molar-refractivity contribution is -0.153. The predicted molar refractivity (Wildman–Crippen MR) is 173 cm³/mol. The summed E-state index contributed by atoms with van der Waals surface area (Å²) in [6.45, 7) is -0.0703. The number of carboxylic acids is 1. The van der Waals surface area contributed by atoms with Gasteiger partial charge in [-0.2, -0.15) is 0 Å². The Balaban J connectivity index is 1.18. The number of rotatable bonds is 12. The standard InChI is InChI=1S/C30H26ClN5O10S2/c1-42-17-5-2-14(3-6-17)10-43-29(41)23-16(9-31)11-47-27-22(26(38)36(23)27)34-25(37)21(18-12-48-30(32)33-18)35-46-24(28(39)40)15-4-7-19-20(8-15)45-13-44-19/h2-8,12,22,24,27H,9-11,13H2,1H3,(H2,32,33)(H,34,37)(H,39,40)/b35-21-/t22-,24?,27-/m1/s1. The normalized spacial score (nSPS) is 18.8. The summed E-state index contributed by atoms with van der Waals surface area (Å²) >= 11 is 8.46. The lowest BCUT2D eigenvalue weighted by Crippen LogP contribution is -2.71. The first-order chi connectivity index (χ1) is 23.2. The maximum atomic E-state index is 13.6. The van der Waals surface area contributed by atoms with Crippen molar-refractivity contribution >= 4 is 69.3 Å². The average molecular weight is 716 g/mol. The Labute approximate surface area is 285 Å². The van der Waals surface area contributed by atoms with Gasteiger partial charge in [-0.25, -0.2) is 14.6 Å². The second-order valence-electron chi connectivity index (χ2n) is 10.3. The Hall–Kier alpha value is -5.00. The van der Waals surface area contributed by atoms with Gasteiger partial charge in [0.2, 0.25) is 12.9 Å². The minimum Gasteiger partial charge on any atom is -0.497 e. The number of benzene rings is 2. The Kier molecular flexibility index (Phi) is 9.61. The zero-order valence-corrected chi connectivity index (χ0v) is 27.3. The Morgan fingerprint density at radius 2 is 1.98 bits per heavy atom. The number of thiazole rings is 1. The van der Waals surface area contributed by atoms with Crippen LogP contribution in [0.1, 0.15) is 22.9 Å². The highest BCUT2D eigenvalue weighted by atomic mass is 35.5. The van der Waals surface area contributed by atoms with Crippen LogP contribution < -0.4 is 25.3 Å². The number of methoxy groups -OCH3 is 1. The number of carbonyl (C=O) groups excluding carboxylic acids is 3. The van der Waals surface area contributed by atoms with Crippen LogP contribution in [0.4, 0.5) is 5.13 Å². The highest BCUT2D eigenvalue weighted by molar-refractivity contribution is 8.00. The monoisotopic (exact) mass is 715 g/mol. The number of nitrogens with one attached hydrogen (secondary N) is 1. The molecule has 15 nitrogen and oxygen atoms in total. The third kappa shape index (κ3) is 6.56. The third-order valence-electron chi connectivity index (χ3n) is 7.37. The number of carboxylic acid groups (broad SMARTS) is 1. The summed E-state index contributed by atoms with van der Waals surface area (Å²) in [6, 6.07) is 10.3. The fraction of sp³-hybridized carbons (Fsp3) is 0.267. The van der Waals surface area contributed by atoms with Gasteiger partial charge >= 0.3 is 11.9 Å². The summed E-state index contributed by atoms with van der Waals surface area (Å²) in [7, 11) is 1.54. The van der Waals surface area contributed by atoms with E-state index in [2.05, 4.69) is 15.5 Å². The van der Waals surface area contributed by atoms with Gasteiger partial charge in [0.05, 0.1) is 7.11 Å². The topological polar surface area (TPSA) is 201 Å². The number of aliphatic carboxylic acids is 1. The molecule has 18 heteroatoms. The van der Waals surface area contributed by atoms with Crippen LogP contribution in [0.25, 0.3) is 0 Å². The van der Waals surface area contributed by atoms with Crippen molar-refractivity contribution < 1.29 is 48.1 Å². The van der Waals surface area contributed by atoms with Gasteiger partial charge in [0, 0.05) is 22.6 Å². The van der Waals surface area contributed by atoms with E-state index >= 15 is 0 Å². The number of nitrogens with two attached hydrogens (primary N) is 1. The highest BCUT2D eigenvalue weighted by Crippen LogP contribution is 2.41. The van der Waals surface area contributed by atoms with Crippen molar-refractivity contribution in [1.29, 1.82) is 0 Å². The number of thioether (sulfide) groups is 1. The number of ether oxygens (including phenoxy) is 4. The number of nitrogens with zero attached hydrogens (tertiary/aromatic N) is 3. The number of alkyl halides is 1. The van der Waals surface area contributed by atoms with Crippen LogP contribution in [0.3, 0.4) is 0 Å². The molecule has 4 heterocycles. The average Bonchev–Trinajstić information content (AvgIpc) is 3.75. The number of nitrogen functional groups attached to an aromatic ring is 1. The number of amides is 2. The number of β-lactam (4-membered cyclic amide) rings is 1. The van der Waals surface area contributed by atoms with Crippen molar-refractivity contribution in [3.63, 3.8) is 0 Å². The van der Waals surface area contributed by atoms with Crippen molar-refractivity contribution in [3.8, 4) is 17.2 Å². The molecule has 2 aromatic carbocycles. The molecular weight excluding hydrogens is 690 g/mol. The first-order valence-electron chi connectivity index (χ1n) is 14.1. The maximum absolute atomic E-state index is 13.6. The van der Waals surface area contributed by atoms with E-state index in [9.17, 15) is 24.3 Å². The lowest BCUT2D eigenvalue weighted by atomic mass is 10.0. The molecular formula is C30H26ClN5O10S2. The SMILES string of the molecule is COc1ccc(COC(=O)C2=C(CCl)CS[C@@H]3[C@H](NC(=O)/C(=N\OC(C(=O)O)c4ccc5c(c4)OCO5)c4csc(N)n4)C(=O)N23)cc1. The van der Waals surface area contributed by atoms with Gasteiger partial charge in [0.15, 0.2) is 22.3 Å². The fourth-order valence-corrected chi connectivity index (χ4v) is 7.18. The zero-order valence-electron chi connectivity index (χ0n) is 24.9. The summed E-state index contributed by atoms with van der Waals surface area (Å²) in [5.74, 6) is -1.90. The largest absolute Gasteiger partial charge is 0.497 e. The molecule has 3 atom stereocenters. The molecule has 1 fully saturated rings. The highest BCUT2D eigenvalue weighted by Gasteiger charge is 2.54. The minimum atomic E-state index is -1.64. The number of halogens is 1. The molecule has 2 amide bonds. The Morgan fingerprint density at radius 1 is 1.21 bits per heavy atom. The number of anilines is 1. The number of esters is 1. The molecule has 0 bridgehead atoms. The number of hydrogen-bond acceptors (Lipinski definition) is 14. The van der Waals surface area contributed by atoms with E-state index in [1.165, 1.54) is 40.2 Å². The molecule has 0 aliphatic carbocycles. The van der Waals surface area contributed by atoms with Crippen molar-refractivity contribution in [1.82, 2.24) is 15.2 Å². The molecule has 0 saturated carbocycles. The summed E-state index contributed by atoms with van der Waals surface area (Å²) in [4.78, 5) is 63.1. The van der Waals surface area contributed by atoms with E-state index in [0.717, 1.165) is 11.3 Å². The summed E-state index contributed by atoms with van der Waals surface area (Å²) in [6.07, 6.45) is -1.64. The van der Waals surface area contributed by atoms with E-state index in [0.29, 0.717) is 34.1 Å². The molecule has 3 aliphatic heterocycles. The van der Waals surface area contributed by atoms with Gasteiger partial charge in [-0.3, -0.25) is 14.5 Å². The zero-order chi connectivity index (χ0) is 33.9. The number of aromatic nitrogens is 1. The van der Waals surface area contributed by atoms with Crippen molar-refractivity contribution in [2.45, 2.75) is 24.1 Å². The molecule has 48 heavy (non-hydrogen) atoms. The molecule has 4 N–H and O–H groups in total. The summed E-state index contributed by atoms with van der Waals surface area (Å²) < 4.78 is 21.3. The molecule has 0 radical (unpaired) electrons. The van der Waals surface area contributed by atoms with Gasteiger partial charge < -0.3 is 39.9 Å². The van der Waals surface area contributed by atoms with Gasteiger partial charge in [0.25, 0.3) is 11.8 Å². The Bertz CT molecular complexity index is 1830. The van der Waals surface area contributed by atoms with Crippen LogP contribution in [0, 0.1) is 0 Å². The smallest absolute Gasteiger partial charge is 0.355 e.